The third-order valence-corrected chi connectivity index (χ3v) is 14.4. The Balaban J connectivity index is 1.23. The monoisotopic (exact) mass is 669 g/mol. The number of fused-ring (bicyclic) bond motifs is 8. The predicted octanol–water partition coefficient (Wildman–Crippen LogP) is 12.3. The van der Waals surface area contributed by atoms with Crippen molar-refractivity contribution in [3.63, 3.8) is 0 Å². The maximum Gasteiger partial charge on any atom is 0.136 e. The van der Waals surface area contributed by atoms with E-state index in [2.05, 4.69) is 194 Å². The zero-order valence-electron chi connectivity index (χ0n) is 28.6. The second-order valence-corrected chi connectivity index (χ2v) is 18.4. The maximum atomic E-state index is 6.38. The van der Waals surface area contributed by atoms with Crippen molar-refractivity contribution in [2.45, 2.75) is 13.1 Å². The highest BCUT2D eigenvalue weighted by Crippen LogP contribution is 2.46. The Bertz CT molecular complexity index is 2790. The normalized spacial score (nSPS) is 13.1. The van der Waals surface area contributed by atoms with Gasteiger partial charge in [-0.3, -0.25) is 0 Å². The van der Waals surface area contributed by atoms with E-state index in [4.69, 9.17) is 4.42 Å². The van der Waals surface area contributed by atoms with Crippen LogP contribution < -0.4 is 15.3 Å². The molecule has 0 saturated carbocycles. The molecule has 0 saturated heterocycles. The average Bonchev–Trinajstić information content (AvgIpc) is 3.67. The summed E-state index contributed by atoms with van der Waals surface area (Å²) in [5.41, 5.74) is 12.8. The van der Waals surface area contributed by atoms with Gasteiger partial charge in [0.05, 0.1) is 11.4 Å². The number of hydrogen-bond donors (Lipinski definition) is 0. The second-order valence-electron chi connectivity index (χ2n) is 14.1. The first-order valence-electron chi connectivity index (χ1n) is 17.7. The minimum atomic E-state index is -2.09. The van der Waals surface area contributed by atoms with Gasteiger partial charge in [0.1, 0.15) is 19.2 Å². The highest BCUT2D eigenvalue weighted by atomic mass is 28.3. The summed E-state index contributed by atoms with van der Waals surface area (Å²) in [4.78, 5) is 2.49. The zero-order chi connectivity index (χ0) is 34.1. The molecule has 9 aromatic rings. The van der Waals surface area contributed by atoms with Crippen LogP contribution >= 0.6 is 0 Å². The average molecular weight is 670 g/mol. The molecular weight excluding hydrogens is 635 g/mol. The van der Waals surface area contributed by atoms with E-state index in [9.17, 15) is 0 Å². The first-order chi connectivity index (χ1) is 25.1. The van der Waals surface area contributed by atoms with Crippen LogP contribution in [0.5, 0.6) is 0 Å². The number of rotatable bonds is 5. The van der Waals surface area contributed by atoms with E-state index in [1.165, 1.54) is 65.3 Å². The first-order valence-corrected chi connectivity index (χ1v) is 20.7. The summed E-state index contributed by atoms with van der Waals surface area (Å²) in [6.07, 6.45) is 0. The lowest BCUT2D eigenvalue weighted by Crippen LogP contribution is -2.49. The molecule has 0 bridgehead atoms. The van der Waals surface area contributed by atoms with E-state index in [0.717, 1.165) is 28.2 Å². The molecule has 10 rings (SSSR count). The maximum absolute atomic E-state index is 6.38. The fourth-order valence-corrected chi connectivity index (χ4v) is 11.4. The van der Waals surface area contributed by atoms with Crippen molar-refractivity contribution >= 4 is 68.2 Å². The van der Waals surface area contributed by atoms with E-state index >= 15 is 0 Å². The smallest absolute Gasteiger partial charge is 0.136 e. The summed E-state index contributed by atoms with van der Waals surface area (Å²) in [5, 5.41) is 7.84. The van der Waals surface area contributed by atoms with Gasteiger partial charge in [-0.05, 0) is 85.9 Å². The molecule has 0 unspecified atom stereocenters. The molecule has 0 radical (unpaired) electrons. The predicted molar refractivity (Wildman–Crippen MR) is 219 cm³/mol. The SMILES string of the molecule is C[Si]1(C)c2cc(N(c3ccccc3-c3ccccc3)c3ccccc3-c3ccc4ccccc4c3)ccc2-c2c1ccc1oc3ccccc3c21. The third kappa shape index (κ3) is 4.62. The molecule has 2 nitrogen and oxygen atoms in total. The number of benzene rings is 8. The van der Waals surface area contributed by atoms with Gasteiger partial charge in [0.2, 0.25) is 0 Å². The lowest BCUT2D eigenvalue weighted by atomic mass is 9.96. The zero-order valence-corrected chi connectivity index (χ0v) is 29.6. The fourth-order valence-electron chi connectivity index (χ4n) is 8.38. The Morgan fingerprint density at radius 3 is 1.92 bits per heavy atom. The number of nitrogens with zero attached hydrogens (tertiary/aromatic N) is 1. The molecule has 242 valence electrons. The van der Waals surface area contributed by atoms with E-state index in [1.54, 1.807) is 0 Å². The summed E-state index contributed by atoms with van der Waals surface area (Å²) in [6, 6.07) is 64.1. The molecule has 0 aliphatic carbocycles. The standard InChI is InChI=1S/C48H35NOSi/c1-51(2)45-29-28-44-47(39-20-10-13-23-43(39)50-44)48(45)40-27-26-36(31-46(40)51)49(41-21-11-8-18-37(41)33-15-4-3-5-16-33)42-22-12-9-19-38(42)35-25-24-32-14-6-7-17-34(32)30-35/h3-31H,1-2H3. The van der Waals surface area contributed by atoms with Gasteiger partial charge in [-0.1, -0.05) is 147 Å². The van der Waals surface area contributed by atoms with Crippen molar-refractivity contribution in [3.05, 3.63) is 176 Å². The largest absolute Gasteiger partial charge is 0.456 e. The second kappa shape index (κ2) is 11.4. The molecule has 1 aliphatic heterocycles. The Labute approximate surface area is 298 Å². The van der Waals surface area contributed by atoms with Gasteiger partial charge in [0.15, 0.2) is 0 Å². The van der Waals surface area contributed by atoms with Gasteiger partial charge in [0.25, 0.3) is 0 Å². The molecule has 1 aliphatic rings. The highest BCUT2D eigenvalue weighted by molar-refractivity contribution is 7.04. The van der Waals surface area contributed by atoms with Crippen molar-refractivity contribution in [2.24, 2.45) is 0 Å². The molecular formula is C48H35NOSi. The van der Waals surface area contributed by atoms with Crippen LogP contribution in [0.25, 0.3) is 66.1 Å². The Morgan fingerprint density at radius 1 is 0.451 bits per heavy atom. The Hall–Kier alpha value is -6.16. The molecule has 0 spiro atoms. The van der Waals surface area contributed by atoms with Crippen LogP contribution in [-0.2, 0) is 0 Å². The lowest BCUT2D eigenvalue weighted by Gasteiger charge is -2.31. The van der Waals surface area contributed by atoms with E-state index < -0.39 is 8.07 Å². The van der Waals surface area contributed by atoms with Crippen LogP contribution in [-0.4, -0.2) is 8.07 Å². The van der Waals surface area contributed by atoms with Crippen LogP contribution in [0.3, 0.4) is 0 Å². The van der Waals surface area contributed by atoms with Crippen molar-refractivity contribution < 1.29 is 4.42 Å². The molecule has 51 heavy (non-hydrogen) atoms. The number of hydrogen-bond acceptors (Lipinski definition) is 2. The van der Waals surface area contributed by atoms with Gasteiger partial charge in [-0.25, -0.2) is 0 Å². The summed E-state index contributed by atoms with van der Waals surface area (Å²) in [6.45, 7) is 5.00. The van der Waals surface area contributed by atoms with Crippen LogP contribution in [0.15, 0.2) is 180 Å². The molecule has 0 amide bonds. The molecule has 0 fully saturated rings. The highest BCUT2D eigenvalue weighted by Gasteiger charge is 2.40. The minimum Gasteiger partial charge on any atom is -0.456 e. The topological polar surface area (TPSA) is 16.4 Å². The quantitative estimate of drug-likeness (QED) is 0.170. The first kappa shape index (κ1) is 29.7. The van der Waals surface area contributed by atoms with Gasteiger partial charge in [0, 0.05) is 27.6 Å². The fraction of sp³-hybridized carbons (Fsp3) is 0.0417. The van der Waals surface area contributed by atoms with Crippen LogP contribution in [0.4, 0.5) is 17.1 Å². The van der Waals surface area contributed by atoms with Gasteiger partial charge >= 0.3 is 0 Å². The summed E-state index contributed by atoms with van der Waals surface area (Å²) in [5.74, 6) is 0. The van der Waals surface area contributed by atoms with Crippen LogP contribution in [0.2, 0.25) is 13.1 Å². The molecule has 1 aromatic heterocycles. The van der Waals surface area contributed by atoms with Gasteiger partial charge in [-0.15, -0.1) is 0 Å². The molecule has 2 heterocycles. The molecule has 3 heteroatoms. The molecule has 0 N–H and O–H groups in total. The minimum absolute atomic E-state index is 0.944. The van der Waals surface area contributed by atoms with Crippen LogP contribution in [0, 0.1) is 0 Å². The van der Waals surface area contributed by atoms with Gasteiger partial charge in [-0.2, -0.15) is 0 Å². The summed E-state index contributed by atoms with van der Waals surface area (Å²) < 4.78 is 6.38. The van der Waals surface area contributed by atoms with Crippen molar-refractivity contribution in [3.8, 4) is 33.4 Å². The Morgan fingerprint density at radius 2 is 1.12 bits per heavy atom. The molecule has 0 atom stereocenters. The van der Waals surface area contributed by atoms with Gasteiger partial charge < -0.3 is 9.32 Å². The summed E-state index contributed by atoms with van der Waals surface area (Å²) in [7, 11) is -2.09. The lowest BCUT2D eigenvalue weighted by molar-refractivity contribution is 0.669. The van der Waals surface area contributed by atoms with E-state index in [1.807, 2.05) is 0 Å². The van der Waals surface area contributed by atoms with Crippen molar-refractivity contribution in [2.75, 3.05) is 4.90 Å². The van der Waals surface area contributed by atoms with Crippen LogP contribution in [0.1, 0.15) is 0 Å². The summed E-state index contributed by atoms with van der Waals surface area (Å²) >= 11 is 0. The van der Waals surface area contributed by atoms with E-state index in [-0.39, 0.29) is 0 Å². The van der Waals surface area contributed by atoms with E-state index in [0.29, 0.717) is 0 Å². The third-order valence-electron chi connectivity index (χ3n) is 10.9. The van der Waals surface area contributed by atoms with Crippen molar-refractivity contribution in [1.82, 2.24) is 0 Å². The Kier molecular flexibility index (Phi) is 6.67. The number of para-hydroxylation sites is 3. The number of anilines is 3. The number of furan rings is 1. The van der Waals surface area contributed by atoms with Crippen molar-refractivity contribution in [1.29, 1.82) is 0 Å². The molecule has 8 aromatic carbocycles.